The maximum atomic E-state index is 11.9. The number of carboxylic acids is 1. The van der Waals surface area contributed by atoms with E-state index in [2.05, 4.69) is 5.32 Å². The molecule has 1 saturated carbocycles. The van der Waals surface area contributed by atoms with Crippen molar-refractivity contribution >= 4 is 23.5 Å². The second-order valence-electron chi connectivity index (χ2n) is 5.79. The van der Waals surface area contributed by atoms with E-state index >= 15 is 0 Å². The molecule has 0 bridgehead atoms. The van der Waals surface area contributed by atoms with Gasteiger partial charge in [-0.3, -0.25) is 9.59 Å². The van der Waals surface area contributed by atoms with Crippen molar-refractivity contribution in [2.75, 3.05) is 6.54 Å². The molecule has 0 radical (unpaired) electrons. The van der Waals surface area contributed by atoms with Crippen LogP contribution in [-0.2, 0) is 16.0 Å². The van der Waals surface area contributed by atoms with Crippen molar-refractivity contribution in [1.82, 2.24) is 5.32 Å². The summed E-state index contributed by atoms with van der Waals surface area (Å²) in [6, 6.07) is 7.48. The van der Waals surface area contributed by atoms with E-state index in [4.69, 9.17) is 16.7 Å². The molecule has 114 valence electrons. The molecule has 0 saturated heterocycles. The summed E-state index contributed by atoms with van der Waals surface area (Å²) in [5.41, 5.74) is 0.726. The summed E-state index contributed by atoms with van der Waals surface area (Å²) < 4.78 is 0. The highest BCUT2D eigenvalue weighted by atomic mass is 35.5. The molecule has 1 aromatic carbocycles. The molecule has 2 rings (SSSR count). The number of nitrogens with one attached hydrogen (secondary N) is 1. The fourth-order valence-electron chi connectivity index (χ4n) is 2.74. The molecule has 21 heavy (non-hydrogen) atoms. The normalized spacial score (nSPS) is 16.0. The monoisotopic (exact) mass is 309 g/mol. The van der Waals surface area contributed by atoms with Crippen LogP contribution in [0.3, 0.4) is 0 Å². The van der Waals surface area contributed by atoms with E-state index in [1.165, 1.54) is 0 Å². The minimum atomic E-state index is -0.792. The molecule has 0 unspecified atom stereocenters. The van der Waals surface area contributed by atoms with E-state index in [-0.39, 0.29) is 17.7 Å². The van der Waals surface area contributed by atoms with Crippen molar-refractivity contribution in [2.24, 2.45) is 5.41 Å². The maximum absolute atomic E-state index is 11.9. The third kappa shape index (κ3) is 4.46. The first-order valence-electron chi connectivity index (χ1n) is 7.23. The smallest absolute Gasteiger partial charge is 0.303 e. The van der Waals surface area contributed by atoms with Gasteiger partial charge in [0.05, 0.1) is 6.42 Å². The van der Waals surface area contributed by atoms with Crippen LogP contribution in [0.1, 0.15) is 37.7 Å². The molecular weight excluding hydrogens is 290 g/mol. The largest absolute Gasteiger partial charge is 0.481 e. The number of hydrogen-bond donors (Lipinski definition) is 2. The van der Waals surface area contributed by atoms with Crippen LogP contribution in [0.25, 0.3) is 0 Å². The van der Waals surface area contributed by atoms with E-state index in [0.717, 1.165) is 24.8 Å². The molecule has 0 aliphatic heterocycles. The van der Waals surface area contributed by atoms with Gasteiger partial charge < -0.3 is 10.4 Å². The van der Waals surface area contributed by atoms with Gasteiger partial charge in [0.15, 0.2) is 0 Å². The van der Waals surface area contributed by atoms with Crippen LogP contribution in [0.4, 0.5) is 0 Å². The quantitative estimate of drug-likeness (QED) is 0.813. The van der Waals surface area contributed by atoms with Crippen molar-refractivity contribution in [1.29, 1.82) is 0 Å². The number of benzene rings is 1. The van der Waals surface area contributed by atoms with E-state index in [9.17, 15) is 9.59 Å². The van der Waals surface area contributed by atoms with Crippen molar-refractivity contribution in [3.05, 3.63) is 34.9 Å². The van der Waals surface area contributed by atoms with Gasteiger partial charge in [-0.15, -0.1) is 0 Å². The van der Waals surface area contributed by atoms with Gasteiger partial charge in [-0.25, -0.2) is 0 Å². The first-order chi connectivity index (χ1) is 10.0. The molecule has 1 aliphatic rings. The van der Waals surface area contributed by atoms with Gasteiger partial charge >= 0.3 is 5.97 Å². The molecule has 1 fully saturated rings. The summed E-state index contributed by atoms with van der Waals surface area (Å²) in [5.74, 6) is -0.841. The van der Waals surface area contributed by atoms with E-state index in [1.54, 1.807) is 0 Å². The molecule has 1 aliphatic carbocycles. The average molecular weight is 310 g/mol. The molecule has 1 aromatic rings. The van der Waals surface area contributed by atoms with Gasteiger partial charge in [0.25, 0.3) is 0 Å². The Morgan fingerprint density at radius 3 is 2.57 bits per heavy atom. The van der Waals surface area contributed by atoms with Crippen LogP contribution in [0.5, 0.6) is 0 Å². The lowest BCUT2D eigenvalue weighted by molar-refractivity contribution is -0.141. The summed E-state index contributed by atoms with van der Waals surface area (Å²) >= 11 is 6.05. The van der Waals surface area contributed by atoms with Crippen LogP contribution >= 0.6 is 11.6 Å². The van der Waals surface area contributed by atoms with Gasteiger partial charge in [-0.05, 0) is 36.3 Å². The number of carboxylic acid groups (broad SMARTS) is 1. The number of halogens is 1. The van der Waals surface area contributed by atoms with Crippen molar-refractivity contribution in [3.8, 4) is 0 Å². The van der Waals surface area contributed by atoms with Gasteiger partial charge in [-0.2, -0.15) is 0 Å². The standard InChI is InChI=1S/C16H20ClNO3/c17-13-5-2-1-4-12(13)6-7-14(19)18-11-16(8-3-9-16)10-15(20)21/h1-2,4-5H,3,6-11H2,(H,18,19)(H,20,21). The van der Waals surface area contributed by atoms with Crippen molar-refractivity contribution in [3.63, 3.8) is 0 Å². The fraction of sp³-hybridized carbons (Fsp3) is 0.500. The third-order valence-corrected chi connectivity index (χ3v) is 4.55. The predicted molar refractivity (Wildman–Crippen MR) is 81.3 cm³/mol. The number of hydrogen-bond acceptors (Lipinski definition) is 2. The summed E-state index contributed by atoms with van der Waals surface area (Å²) in [7, 11) is 0. The lowest BCUT2D eigenvalue weighted by Crippen LogP contribution is -2.43. The number of carbonyl (C=O) groups is 2. The number of rotatable bonds is 7. The summed E-state index contributed by atoms with van der Waals surface area (Å²) in [6.07, 6.45) is 3.90. The van der Waals surface area contributed by atoms with Gasteiger partial charge in [0, 0.05) is 18.0 Å². The molecule has 1 amide bonds. The van der Waals surface area contributed by atoms with E-state index in [1.807, 2.05) is 24.3 Å². The van der Waals surface area contributed by atoms with Crippen LogP contribution < -0.4 is 5.32 Å². The second kappa shape index (κ2) is 6.94. The summed E-state index contributed by atoms with van der Waals surface area (Å²) in [6.45, 7) is 0.459. The average Bonchev–Trinajstić information content (AvgIpc) is 2.40. The number of carbonyl (C=O) groups excluding carboxylic acids is 1. The molecule has 2 N–H and O–H groups in total. The fourth-order valence-corrected chi connectivity index (χ4v) is 2.97. The van der Waals surface area contributed by atoms with E-state index in [0.29, 0.717) is 24.4 Å². The Bertz CT molecular complexity index is 526. The predicted octanol–water partition coefficient (Wildman–Crippen LogP) is 3.03. The third-order valence-electron chi connectivity index (χ3n) is 4.18. The number of aliphatic carboxylic acids is 1. The molecule has 0 aromatic heterocycles. The Balaban J connectivity index is 1.77. The molecule has 0 atom stereocenters. The lowest BCUT2D eigenvalue weighted by atomic mass is 9.66. The summed E-state index contributed by atoms with van der Waals surface area (Å²) in [5, 5.41) is 12.5. The van der Waals surface area contributed by atoms with Gasteiger partial charge in [-0.1, -0.05) is 36.2 Å². The minimum absolute atomic E-state index is 0.0495. The van der Waals surface area contributed by atoms with E-state index < -0.39 is 5.97 Å². The Kier molecular flexibility index (Phi) is 5.23. The highest BCUT2D eigenvalue weighted by Gasteiger charge is 2.39. The zero-order valence-corrected chi connectivity index (χ0v) is 12.7. The minimum Gasteiger partial charge on any atom is -0.481 e. The lowest BCUT2D eigenvalue weighted by Gasteiger charge is -2.40. The maximum Gasteiger partial charge on any atom is 0.303 e. The number of amides is 1. The Morgan fingerprint density at radius 1 is 1.29 bits per heavy atom. The van der Waals surface area contributed by atoms with Crippen LogP contribution in [0, 0.1) is 5.41 Å². The van der Waals surface area contributed by atoms with Crippen LogP contribution in [0.2, 0.25) is 5.02 Å². The topological polar surface area (TPSA) is 66.4 Å². The highest BCUT2D eigenvalue weighted by Crippen LogP contribution is 2.43. The first-order valence-corrected chi connectivity index (χ1v) is 7.60. The first kappa shape index (κ1) is 15.8. The Hall–Kier alpha value is -1.55. The SMILES string of the molecule is O=C(O)CC1(CNC(=O)CCc2ccccc2Cl)CCC1. The Morgan fingerprint density at radius 2 is 2.00 bits per heavy atom. The molecule has 0 spiro atoms. The van der Waals surface area contributed by atoms with Gasteiger partial charge in [0.1, 0.15) is 0 Å². The molecule has 4 nitrogen and oxygen atoms in total. The molecule has 5 heteroatoms. The van der Waals surface area contributed by atoms with Crippen LogP contribution in [-0.4, -0.2) is 23.5 Å². The molecule has 0 heterocycles. The number of aryl methyl sites for hydroxylation is 1. The highest BCUT2D eigenvalue weighted by molar-refractivity contribution is 6.31. The van der Waals surface area contributed by atoms with Gasteiger partial charge in [0.2, 0.25) is 5.91 Å². The van der Waals surface area contributed by atoms with Crippen LogP contribution in [0.15, 0.2) is 24.3 Å². The van der Waals surface area contributed by atoms with Crippen molar-refractivity contribution in [2.45, 2.75) is 38.5 Å². The van der Waals surface area contributed by atoms with Crippen molar-refractivity contribution < 1.29 is 14.7 Å². The zero-order valence-electron chi connectivity index (χ0n) is 11.9. The second-order valence-corrected chi connectivity index (χ2v) is 6.20. The summed E-state index contributed by atoms with van der Waals surface area (Å²) in [4.78, 5) is 22.8. The molecular formula is C16H20ClNO3. The Labute approximate surface area is 129 Å². The zero-order chi connectivity index (χ0) is 15.3.